The van der Waals surface area contributed by atoms with Crippen molar-refractivity contribution in [3.05, 3.63) is 72.9 Å². The summed E-state index contributed by atoms with van der Waals surface area (Å²) in [5.74, 6) is -0.337. The van der Waals surface area contributed by atoms with Crippen molar-refractivity contribution in [2.45, 2.75) is 251 Å². The fourth-order valence-electron chi connectivity index (χ4n) is 7.86. The Bertz CT molecular complexity index is 1330. The number of carbonyl (C=O) groups is 1. The van der Waals surface area contributed by atoms with Crippen LogP contribution in [0.1, 0.15) is 245 Å². The van der Waals surface area contributed by atoms with Gasteiger partial charge in [-0.05, 0) is 83.5 Å². The second-order valence-corrected chi connectivity index (χ2v) is 21.7. The number of nitrogens with zero attached hydrogens (tertiary/aromatic N) is 1. The molecule has 0 bridgehead atoms. The first-order valence-corrected chi connectivity index (χ1v) is 30.1. The Balaban J connectivity index is 4.10. The molecule has 0 fully saturated rings. The number of likely N-dealkylation sites (N-methyl/N-ethyl adjacent to an activating group) is 1. The minimum atomic E-state index is -4.54. The minimum Gasteiger partial charge on any atom is -0.756 e. The molecule has 0 rings (SSSR count). The second kappa shape index (κ2) is 52.3. The number of quaternary nitrogens is 1. The van der Waals surface area contributed by atoms with Gasteiger partial charge in [0.1, 0.15) is 19.3 Å². The van der Waals surface area contributed by atoms with Gasteiger partial charge in [-0.2, -0.15) is 0 Å². The van der Waals surface area contributed by atoms with E-state index < -0.39 is 13.9 Å². The molecule has 0 amide bonds. The third-order valence-corrected chi connectivity index (χ3v) is 13.2. The molecule has 2 atom stereocenters. The van der Waals surface area contributed by atoms with E-state index in [9.17, 15) is 14.3 Å². The SMILES string of the molecule is CC/C=C\C/C=C\C/C=C\C/C=C\C/C=C\CCCCCCCCCCCCOCC(COP(=O)([O-])OCC[N+](C)(C)C)OC(=O)CCCCCCCCCCC/C=C\CCCCCCCCCC. The average Bonchev–Trinajstić information content (AvgIpc) is 3.31. The Morgan fingerprint density at radius 3 is 1.28 bits per heavy atom. The summed E-state index contributed by atoms with van der Waals surface area (Å²) in [4.78, 5) is 25.3. The number of hydrogen-bond acceptors (Lipinski definition) is 7. The predicted molar refractivity (Wildman–Crippen MR) is 296 cm³/mol. The van der Waals surface area contributed by atoms with Gasteiger partial charge in [0.2, 0.25) is 0 Å². The van der Waals surface area contributed by atoms with Gasteiger partial charge in [-0.25, -0.2) is 0 Å². The van der Waals surface area contributed by atoms with Crippen LogP contribution in [0.4, 0.5) is 0 Å². The van der Waals surface area contributed by atoms with Crippen molar-refractivity contribution in [1.82, 2.24) is 0 Å². The maximum Gasteiger partial charge on any atom is 0.306 e. The van der Waals surface area contributed by atoms with Crippen molar-refractivity contribution >= 4 is 13.8 Å². The van der Waals surface area contributed by atoms with Crippen LogP contribution in [-0.2, 0) is 27.9 Å². The number of hydrogen-bond donors (Lipinski definition) is 0. The molecule has 0 heterocycles. The third-order valence-electron chi connectivity index (χ3n) is 12.2. The highest BCUT2D eigenvalue weighted by Gasteiger charge is 2.20. The van der Waals surface area contributed by atoms with Gasteiger partial charge in [0, 0.05) is 13.0 Å². The fourth-order valence-corrected chi connectivity index (χ4v) is 8.59. The van der Waals surface area contributed by atoms with E-state index in [1.54, 1.807) is 0 Å². The first kappa shape index (κ1) is 66.9. The van der Waals surface area contributed by atoms with E-state index >= 15 is 0 Å². The Labute approximate surface area is 427 Å². The van der Waals surface area contributed by atoms with Gasteiger partial charge in [0.15, 0.2) is 0 Å². The van der Waals surface area contributed by atoms with Crippen LogP contribution in [-0.4, -0.2) is 70.7 Å². The topological polar surface area (TPSA) is 94.1 Å². The van der Waals surface area contributed by atoms with Crippen molar-refractivity contribution in [3.63, 3.8) is 0 Å². The highest BCUT2D eigenvalue weighted by atomic mass is 31.2. The quantitative estimate of drug-likeness (QED) is 0.0197. The summed E-state index contributed by atoms with van der Waals surface area (Å²) in [6.45, 7) is 5.31. The Kier molecular flexibility index (Phi) is 50.7. The number of phosphoric ester groups is 1. The summed E-state index contributed by atoms with van der Waals surface area (Å²) in [7, 11) is 1.35. The van der Waals surface area contributed by atoms with Gasteiger partial charge >= 0.3 is 5.97 Å². The van der Waals surface area contributed by atoms with Crippen LogP contribution in [0.25, 0.3) is 0 Å². The summed E-state index contributed by atoms with van der Waals surface area (Å²) in [5.41, 5.74) is 0. The molecule has 0 aliphatic heterocycles. The minimum absolute atomic E-state index is 0.0226. The number of esters is 1. The van der Waals surface area contributed by atoms with Crippen LogP contribution in [0.5, 0.6) is 0 Å². The van der Waals surface area contributed by atoms with E-state index in [0.717, 1.165) is 64.2 Å². The molecule has 0 aliphatic carbocycles. The van der Waals surface area contributed by atoms with Crippen molar-refractivity contribution in [2.24, 2.45) is 0 Å². The van der Waals surface area contributed by atoms with E-state index in [1.165, 1.54) is 161 Å². The number of phosphoric acid groups is 1. The maximum atomic E-state index is 12.8. The molecule has 8 nitrogen and oxygen atoms in total. The molecular weight excluding hydrogens is 878 g/mol. The fraction of sp³-hybridized carbons (Fsp3) is 0.783. The van der Waals surface area contributed by atoms with E-state index in [1.807, 2.05) is 21.1 Å². The largest absolute Gasteiger partial charge is 0.756 e. The zero-order valence-corrected chi connectivity index (χ0v) is 46.6. The highest BCUT2D eigenvalue weighted by molar-refractivity contribution is 7.45. The van der Waals surface area contributed by atoms with Crippen LogP contribution in [0.2, 0.25) is 0 Å². The van der Waals surface area contributed by atoms with E-state index in [2.05, 4.69) is 86.8 Å². The molecule has 2 unspecified atom stereocenters. The maximum absolute atomic E-state index is 12.8. The Morgan fingerprint density at radius 1 is 0.464 bits per heavy atom. The lowest BCUT2D eigenvalue weighted by Crippen LogP contribution is -2.37. The van der Waals surface area contributed by atoms with Crippen molar-refractivity contribution in [2.75, 3.05) is 54.1 Å². The molecule has 0 aliphatic rings. The van der Waals surface area contributed by atoms with Gasteiger partial charge in [0.25, 0.3) is 7.82 Å². The molecular formula is C60H110NO7P. The number of rotatable bonds is 53. The zero-order chi connectivity index (χ0) is 50.5. The van der Waals surface area contributed by atoms with Crippen molar-refractivity contribution < 1.29 is 37.3 Å². The second-order valence-electron chi connectivity index (χ2n) is 20.3. The smallest absolute Gasteiger partial charge is 0.306 e. The van der Waals surface area contributed by atoms with Gasteiger partial charge < -0.3 is 27.9 Å². The van der Waals surface area contributed by atoms with E-state index in [4.69, 9.17) is 18.5 Å². The molecule has 0 saturated heterocycles. The first-order valence-electron chi connectivity index (χ1n) is 28.7. The first-order chi connectivity index (χ1) is 33.6. The highest BCUT2D eigenvalue weighted by Crippen LogP contribution is 2.38. The third kappa shape index (κ3) is 56.7. The molecule has 0 aromatic heterocycles. The van der Waals surface area contributed by atoms with Gasteiger partial charge in [-0.1, -0.05) is 228 Å². The summed E-state index contributed by atoms with van der Waals surface area (Å²) in [6.07, 6.45) is 69.4. The number of allylic oxidation sites excluding steroid dienone is 12. The Hall–Kier alpha value is -2.06. The lowest BCUT2D eigenvalue weighted by molar-refractivity contribution is -0.870. The molecule has 9 heteroatoms. The van der Waals surface area contributed by atoms with Gasteiger partial charge in [0.05, 0.1) is 34.4 Å². The van der Waals surface area contributed by atoms with Crippen LogP contribution in [0, 0.1) is 0 Å². The van der Waals surface area contributed by atoms with Crippen LogP contribution in [0.3, 0.4) is 0 Å². The van der Waals surface area contributed by atoms with Crippen molar-refractivity contribution in [1.29, 1.82) is 0 Å². The monoisotopic (exact) mass is 988 g/mol. The summed E-state index contributed by atoms with van der Waals surface area (Å²) >= 11 is 0. The molecule has 0 saturated carbocycles. The standard InChI is InChI=1S/C60H110NO7P/c1-6-8-10-12-14-16-18-20-22-24-26-28-29-30-31-32-34-36-38-40-42-44-46-48-50-52-55-65-57-59(58-67-69(63,64)66-56-54-61(3,4)5)68-60(62)53-51-49-47-45-43-41-39-37-35-33-27-25-23-21-19-17-15-13-11-9-7-2/h8,10,14,16,20,22,25-28,30-31,59H,6-7,9,11-13,15,17-19,21,23-24,29,32-58H2,1-5H3/b10-8-,16-14-,22-20-,27-25-,28-26-,31-30-. The lowest BCUT2D eigenvalue weighted by Gasteiger charge is -2.28. The van der Waals surface area contributed by atoms with Gasteiger partial charge in [-0.3, -0.25) is 9.36 Å². The van der Waals surface area contributed by atoms with Crippen LogP contribution in [0.15, 0.2) is 72.9 Å². The predicted octanol–water partition coefficient (Wildman–Crippen LogP) is 17.5. The number of unbranched alkanes of at least 4 members (excludes halogenated alkanes) is 27. The molecule has 402 valence electrons. The molecule has 0 radical (unpaired) electrons. The number of ether oxygens (including phenoxy) is 2. The van der Waals surface area contributed by atoms with Crippen molar-refractivity contribution in [3.8, 4) is 0 Å². The normalized spacial score (nSPS) is 14.0. The molecule has 0 N–H and O–H groups in total. The molecule has 0 aromatic carbocycles. The summed E-state index contributed by atoms with van der Waals surface area (Å²) < 4.78 is 34.9. The molecule has 0 spiro atoms. The molecule has 69 heavy (non-hydrogen) atoms. The van der Waals surface area contributed by atoms with Crippen LogP contribution >= 0.6 is 7.82 Å². The lowest BCUT2D eigenvalue weighted by atomic mass is 10.1. The van der Waals surface area contributed by atoms with Crippen LogP contribution < -0.4 is 4.89 Å². The van der Waals surface area contributed by atoms with E-state index in [0.29, 0.717) is 24.1 Å². The Morgan fingerprint density at radius 2 is 0.841 bits per heavy atom. The average molecular weight is 989 g/mol. The number of carbonyl (C=O) groups excluding carboxylic acids is 1. The van der Waals surface area contributed by atoms with E-state index in [-0.39, 0.29) is 25.8 Å². The summed E-state index contributed by atoms with van der Waals surface area (Å²) in [5, 5.41) is 0. The molecule has 0 aromatic rings. The van der Waals surface area contributed by atoms with Gasteiger partial charge in [-0.15, -0.1) is 0 Å². The summed E-state index contributed by atoms with van der Waals surface area (Å²) in [6, 6.07) is 0. The zero-order valence-electron chi connectivity index (χ0n) is 45.7.